The SMILES string of the molecule is O=C(N[C@@H]1CC2(CCCCC2)Oc2ccccc21)C1(c2ccccc2)CCCC1. The van der Waals surface area contributed by atoms with E-state index >= 15 is 0 Å². The Morgan fingerprint density at radius 3 is 2.24 bits per heavy atom. The minimum atomic E-state index is -0.381. The summed E-state index contributed by atoms with van der Waals surface area (Å²) in [5, 5.41) is 3.51. The van der Waals surface area contributed by atoms with Gasteiger partial charge in [-0.15, -0.1) is 0 Å². The summed E-state index contributed by atoms with van der Waals surface area (Å²) >= 11 is 0. The number of rotatable bonds is 3. The molecule has 5 rings (SSSR count). The van der Waals surface area contributed by atoms with E-state index in [4.69, 9.17) is 4.74 Å². The largest absolute Gasteiger partial charge is 0.487 e. The zero-order valence-corrected chi connectivity index (χ0v) is 17.2. The van der Waals surface area contributed by atoms with Gasteiger partial charge in [-0.05, 0) is 50.2 Å². The number of carbonyl (C=O) groups excluding carboxylic acids is 1. The summed E-state index contributed by atoms with van der Waals surface area (Å²) in [6.07, 6.45) is 10.9. The summed E-state index contributed by atoms with van der Waals surface area (Å²) in [6, 6.07) is 18.7. The highest BCUT2D eigenvalue weighted by Gasteiger charge is 2.46. The second kappa shape index (κ2) is 7.51. The number of nitrogens with one attached hydrogen (secondary N) is 1. The van der Waals surface area contributed by atoms with E-state index in [1.165, 1.54) is 24.8 Å². The van der Waals surface area contributed by atoms with Crippen molar-refractivity contribution in [2.24, 2.45) is 0 Å². The van der Waals surface area contributed by atoms with Gasteiger partial charge in [-0.25, -0.2) is 0 Å². The lowest BCUT2D eigenvalue weighted by atomic mass is 9.75. The molecule has 29 heavy (non-hydrogen) atoms. The Morgan fingerprint density at radius 1 is 0.828 bits per heavy atom. The molecule has 3 aliphatic rings. The average molecular weight is 390 g/mol. The molecule has 1 atom stereocenters. The van der Waals surface area contributed by atoms with Gasteiger partial charge in [0, 0.05) is 12.0 Å². The van der Waals surface area contributed by atoms with Gasteiger partial charge in [0.15, 0.2) is 0 Å². The number of para-hydroxylation sites is 1. The summed E-state index contributed by atoms with van der Waals surface area (Å²) in [6.45, 7) is 0. The highest BCUT2D eigenvalue weighted by Crippen LogP contribution is 2.47. The van der Waals surface area contributed by atoms with Gasteiger partial charge in [-0.3, -0.25) is 4.79 Å². The molecular formula is C26H31NO2. The third-order valence-corrected chi connectivity index (χ3v) is 7.49. The zero-order chi connectivity index (χ0) is 19.7. The molecule has 0 radical (unpaired) electrons. The van der Waals surface area contributed by atoms with Gasteiger partial charge in [-0.2, -0.15) is 0 Å². The van der Waals surface area contributed by atoms with Crippen LogP contribution in [0.5, 0.6) is 5.75 Å². The highest BCUT2D eigenvalue weighted by molar-refractivity contribution is 5.89. The zero-order valence-electron chi connectivity index (χ0n) is 17.2. The van der Waals surface area contributed by atoms with Crippen molar-refractivity contribution in [1.82, 2.24) is 5.32 Å². The molecule has 152 valence electrons. The van der Waals surface area contributed by atoms with Crippen molar-refractivity contribution in [3.8, 4) is 5.75 Å². The van der Waals surface area contributed by atoms with Crippen LogP contribution in [0.2, 0.25) is 0 Å². The van der Waals surface area contributed by atoms with E-state index in [-0.39, 0.29) is 23.0 Å². The monoisotopic (exact) mass is 389 g/mol. The molecule has 2 saturated carbocycles. The molecule has 0 unspecified atom stereocenters. The Kier molecular flexibility index (Phi) is 4.85. The number of fused-ring (bicyclic) bond motifs is 1. The van der Waals surface area contributed by atoms with E-state index < -0.39 is 0 Å². The standard InChI is InChI=1S/C26H31NO2/c28-24(26(17-9-10-18-26)20-11-3-1-4-12-20)27-22-19-25(15-7-2-8-16-25)29-23-14-6-5-13-21(22)23/h1,3-6,11-14,22H,2,7-10,15-19H2,(H,27,28)/t22-/m1/s1. The van der Waals surface area contributed by atoms with Crippen molar-refractivity contribution in [1.29, 1.82) is 0 Å². The first-order valence-corrected chi connectivity index (χ1v) is 11.4. The van der Waals surface area contributed by atoms with Crippen LogP contribution in [-0.2, 0) is 10.2 Å². The van der Waals surface area contributed by atoms with E-state index in [1.807, 2.05) is 12.1 Å². The van der Waals surface area contributed by atoms with E-state index in [0.29, 0.717) is 0 Å². The molecule has 3 nitrogen and oxygen atoms in total. The van der Waals surface area contributed by atoms with Crippen LogP contribution in [0.25, 0.3) is 0 Å². The molecule has 2 aromatic rings. The number of benzene rings is 2. The Labute approximate surface area is 173 Å². The number of hydrogen-bond donors (Lipinski definition) is 1. The maximum absolute atomic E-state index is 13.8. The molecule has 1 aliphatic heterocycles. The molecule has 3 heteroatoms. The number of amides is 1. The molecule has 0 bridgehead atoms. The average Bonchev–Trinajstić information content (AvgIpc) is 3.26. The first-order chi connectivity index (χ1) is 14.2. The summed E-state index contributed by atoms with van der Waals surface area (Å²) in [5.74, 6) is 1.17. The van der Waals surface area contributed by atoms with Crippen LogP contribution in [0, 0.1) is 0 Å². The van der Waals surface area contributed by atoms with Crippen molar-refractivity contribution in [2.75, 3.05) is 0 Å². The highest BCUT2D eigenvalue weighted by atomic mass is 16.5. The number of carbonyl (C=O) groups is 1. The molecule has 0 saturated heterocycles. The summed E-state index contributed by atoms with van der Waals surface area (Å²) in [5.41, 5.74) is 1.81. The lowest BCUT2D eigenvalue weighted by Gasteiger charge is -2.45. The van der Waals surface area contributed by atoms with E-state index in [0.717, 1.165) is 56.3 Å². The van der Waals surface area contributed by atoms with Crippen LogP contribution < -0.4 is 10.1 Å². The first-order valence-electron chi connectivity index (χ1n) is 11.4. The van der Waals surface area contributed by atoms with Crippen LogP contribution in [-0.4, -0.2) is 11.5 Å². The molecule has 2 aromatic carbocycles. The van der Waals surface area contributed by atoms with Gasteiger partial charge in [0.25, 0.3) is 0 Å². The molecule has 1 N–H and O–H groups in total. The summed E-state index contributed by atoms with van der Waals surface area (Å²) in [7, 11) is 0. The van der Waals surface area contributed by atoms with Gasteiger partial charge in [0.2, 0.25) is 5.91 Å². The van der Waals surface area contributed by atoms with Gasteiger partial charge in [-0.1, -0.05) is 67.8 Å². The van der Waals surface area contributed by atoms with Crippen molar-refractivity contribution in [2.45, 2.75) is 81.3 Å². The van der Waals surface area contributed by atoms with Crippen molar-refractivity contribution in [3.05, 3.63) is 65.7 Å². The van der Waals surface area contributed by atoms with Crippen LogP contribution in [0.1, 0.15) is 81.4 Å². The van der Waals surface area contributed by atoms with Crippen LogP contribution in [0.15, 0.2) is 54.6 Å². The topological polar surface area (TPSA) is 38.3 Å². The third-order valence-electron chi connectivity index (χ3n) is 7.49. The fourth-order valence-corrected chi connectivity index (χ4v) is 5.93. The van der Waals surface area contributed by atoms with Crippen LogP contribution >= 0.6 is 0 Å². The second-order valence-corrected chi connectivity index (χ2v) is 9.27. The minimum absolute atomic E-state index is 0.0340. The summed E-state index contributed by atoms with van der Waals surface area (Å²) < 4.78 is 6.56. The van der Waals surface area contributed by atoms with Crippen molar-refractivity contribution >= 4 is 5.91 Å². The molecule has 1 heterocycles. The lowest BCUT2D eigenvalue weighted by Crippen LogP contribution is -2.50. The Balaban J connectivity index is 1.46. The van der Waals surface area contributed by atoms with E-state index in [9.17, 15) is 4.79 Å². The maximum Gasteiger partial charge on any atom is 0.231 e. The molecular weight excluding hydrogens is 358 g/mol. The first kappa shape index (κ1) is 18.7. The smallest absolute Gasteiger partial charge is 0.231 e. The minimum Gasteiger partial charge on any atom is -0.487 e. The maximum atomic E-state index is 13.8. The molecule has 1 spiro atoms. The normalized spacial score (nSPS) is 24.5. The van der Waals surface area contributed by atoms with E-state index in [2.05, 4.69) is 47.8 Å². The Morgan fingerprint density at radius 2 is 1.48 bits per heavy atom. The van der Waals surface area contributed by atoms with Crippen LogP contribution in [0.4, 0.5) is 0 Å². The fourth-order valence-electron chi connectivity index (χ4n) is 5.93. The Bertz CT molecular complexity index is 863. The van der Waals surface area contributed by atoms with E-state index in [1.54, 1.807) is 0 Å². The lowest BCUT2D eigenvalue weighted by molar-refractivity contribution is -0.128. The van der Waals surface area contributed by atoms with Crippen molar-refractivity contribution < 1.29 is 9.53 Å². The second-order valence-electron chi connectivity index (χ2n) is 9.27. The fraction of sp³-hybridized carbons (Fsp3) is 0.500. The molecule has 0 aromatic heterocycles. The predicted molar refractivity (Wildman–Crippen MR) is 115 cm³/mol. The van der Waals surface area contributed by atoms with Gasteiger partial charge in [0.1, 0.15) is 11.4 Å². The van der Waals surface area contributed by atoms with Gasteiger partial charge >= 0.3 is 0 Å². The van der Waals surface area contributed by atoms with Gasteiger partial charge in [0.05, 0.1) is 11.5 Å². The quantitative estimate of drug-likeness (QED) is 0.716. The predicted octanol–water partition coefficient (Wildman–Crippen LogP) is 5.84. The van der Waals surface area contributed by atoms with Crippen LogP contribution in [0.3, 0.4) is 0 Å². The Hall–Kier alpha value is -2.29. The number of ether oxygens (including phenoxy) is 1. The third kappa shape index (κ3) is 3.35. The molecule has 2 fully saturated rings. The number of hydrogen-bond acceptors (Lipinski definition) is 2. The van der Waals surface area contributed by atoms with Crippen molar-refractivity contribution in [3.63, 3.8) is 0 Å². The summed E-state index contributed by atoms with van der Waals surface area (Å²) in [4.78, 5) is 13.8. The molecule has 1 amide bonds. The molecule has 2 aliphatic carbocycles. The van der Waals surface area contributed by atoms with Gasteiger partial charge < -0.3 is 10.1 Å².